The van der Waals surface area contributed by atoms with E-state index in [4.69, 9.17) is 17.3 Å². The van der Waals surface area contributed by atoms with Gasteiger partial charge in [-0.3, -0.25) is 4.79 Å². The Kier molecular flexibility index (Phi) is 4.61. The molecule has 8 heteroatoms. The third kappa shape index (κ3) is 4.32. The number of benzene rings is 1. The van der Waals surface area contributed by atoms with Crippen LogP contribution in [-0.2, 0) is 17.9 Å². The molecule has 0 amide bonds. The van der Waals surface area contributed by atoms with Gasteiger partial charge in [-0.25, -0.2) is 0 Å². The lowest BCUT2D eigenvalue weighted by molar-refractivity contribution is -0.138. The number of aliphatic carboxylic acids is 1. The number of thiocarbonyl (C=S) groups is 1. The molecular formula is C12H13N5O2S. The van der Waals surface area contributed by atoms with Gasteiger partial charge in [0, 0.05) is 6.54 Å². The monoisotopic (exact) mass is 291 g/mol. The summed E-state index contributed by atoms with van der Waals surface area (Å²) in [6.45, 7) is 0.307. The smallest absolute Gasteiger partial charge is 0.327 e. The zero-order chi connectivity index (χ0) is 14.4. The maximum atomic E-state index is 10.5. The van der Waals surface area contributed by atoms with Gasteiger partial charge in [0.1, 0.15) is 0 Å². The van der Waals surface area contributed by atoms with Gasteiger partial charge < -0.3 is 15.7 Å². The Morgan fingerprint density at radius 2 is 2.10 bits per heavy atom. The lowest BCUT2D eigenvalue weighted by atomic mass is 10.2. The van der Waals surface area contributed by atoms with Crippen molar-refractivity contribution in [1.82, 2.24) is 20.3 Å². The maximum Gasteiger partial charge on any atom is 0.327 e. The van der Waals surface area contributed by atoms with E-state index >= 15 is 0 Å². The van der Waals surface area contributed by atoms with Gasteiger partial charge in [0.2, 0.25) is 0 Å². The van der Waals surface area contributed by atoms with Crippen molar-refractivity contribution in [2.75, 3.05) is 5.32 Å². The molecule has 1 aromatic carbocycles. The van der Waals surface area contributed by atoms with Crippen LogP contribution in [0.15, 0.2) is 36.5 Å². The summed E-state index contributed by atoms with van der Waals surface area (Å²) in [6, 6.07) is 9.81. The van der Waals surface area contributed by atoms with Crippen molar-refractivity contribution in [3.8, 4) is 0 Å². The van der Waals surface area contributed by atoms with Gasteiger partial charge in [0.15, 0.2) is 17.5 Å². The molecule has 1 heterocycles. The fraction of sp³-hybridized carbons (Fsp3) is 0.167. The predicted molar refractivity (Wildman–Crippen MR) is 77.2 cm³/mol. The molecule has 7 nitrogen and oxygen atoms in total. The van der Waals surface area contributed by atoms with Gasteiger partial charge in [0.25, 0.3) is 0 Å². The fourth-order valence-corrected chi connectivity index (χ4v) is 1.67. The molecule has 0 aliphatic carbocycles. The zero-order valence-electron chi connectivity index (χ0n) is 10.5. The number of carboxylic acids is 1. The molecule has 0 saturated carbocycles. The molecular weight excluding hydrogens is 278 g/mol. The van der Waals surface area contributed by atoms with Crippen LogP contribution in [0.1, 0.15) is 5.56 Å². The maximum absolute atomic E-state index is 10.5. The molecule has 0 radical (unpaired) electrons. The molecule has 2 aromatic rings. The third-order valence-electron chi connectivity index (χ3n) is 2.35. The van der Waals surface area contributed by atoms with Gasteiger partial charge in [-0.05, 0) is 17.8 Å². The Hall–Kier alpha value is -2.48. The van der Waals surface area contributed by atoms with Gasteiger partial charge in [0.05, 0.1) is 6.20 Å². The Balaban J connectivity index is 1.82. The number of rotatable bonds is 5. The lowest BCUT2D eigenvalue weighted by Gasteiger charge is -2.07. The Bertz CT molecular complexity index is 599. The molecule has 0 spiro atoms. The van der Waals surface area contributed by atoms with E-state index in [1.165, 1.54) is 6.20 Å². The number of carbonyl (C=O) groups is 1. The summed E-state index contributed by atoms with van der Waals surface area (Å²) in [5.74, 6) is -0.603. The van der Waals surface area contributed by atoms with E-state index in [0.717, 1.165) is 10.4 Å². The lowest BCUT2D eigenvalue weighted by Crippen LogP contribution is -2.28. The van der Waals surface area contributed by atoms with Crippen LogP contribution in [0.25, 0.3) is 0 Å². The summed E-state index contributed by atoms with van der Waals surface area (Å²) in [7, 11) is 0. The molecule has 0 saturated heterocycles. The average Bonchev–Trinajstić information content (AvgIpc) is 2.84. The molecule has 0 fully saturated rings. The van der Waals surface area contributed by atoms with E-state index in [9.17, 15) is 4.79 Å². The van der Waals surface area contributed by atoms with Crippen LogP contribution in [0.4, 0.5) is 5.82 Å². The standard InChI is InChI=1S/C12H13N5O2S/c18-11(19)8-17-14-7-10(16-17)15-12(20)13-6-9-4-2-1-3-5-9/h1-5,7H,6,8H2,(H,18,19)(H2,13,15,16,20). The van der Waals surface area contributed by atoms with Crippen molar-refractivity contribution in [2.45, 2.75) is 13.1 Å². The van der Waals surface area contributed by atoms with E-state index in [1.807, 2.05) is 30.3 Å². The fourth-order valence-electron chi connectivity index (χ4n) is 1.49. The topological polar surface area (TPSA) is 92.1 Å². The van der Waals surface area contributed by atoms with Crippen LogP contribution in [0.2, 0.25) is 0 Å². The average molecular weight is 291 g/mol. The van der Waals surface area contributed by atoms with Crippen LogP contribution in [0.5, 0.6) is 0 Å². The second-order valence-electron chi connectivity index (χ2n) is 3.95. The number of hydrogen-bond donors (Lipinski definition) is 3. The van der Waals surface area contributed by atoms with Crippen molar-refractivity contribution in [3.05, 3.63) is 42.1 Å². The molecule has 0 bridgehead atoms. The van der Waals surface area contributed by atoms with Crippen molar-refractivity contribution >= 4 is 29.1 Å². The minimum absolute atomic E-state index is 0.286. The van der Waals surface area contributed by atoms with E-state index < -0.39 is 5.97 Å². The van der Waals surface area contributed by atoms with E-state index in [0.29, 0.717) is 17.5 Å². The van der Waals surface area contributed by atoms with E-state index in [-0.39, 0.29) is 6.54 Å². The van der Waals surface area contributed by atoms with Crippen LogP contribution in [0, 0.1) is 0 Å². The Morgan fingerprint density at radius 3 is 2.80 bits per heavy atom. The summed E-state index contributed by atoms with van der Waals surface area (Å²) >= 11 is 5.12. The highest BCUT2D eigenvalue weighted by atomic mass is 32.1. The first-order chi connectivity index (χ1) is 9.63. The Labute approximate surface area is 120 Å². The van der Waals surface area contributed by atoms with Crippen molar-refractivity contribution in [3.63, 3.8) is 0 Å². The zero-order valence-corrected chi connectivity index (χ0v) is 11.3. The molecule has 0 aliphatic rings. The molecule has 1 aromatic heterocycles. The first-order valence-corrected chi connectivity index (χ1v) is 6.25. The predicted octanol–water partition coefficient (Wildman–Crippen LogP) is 0.849. The van der Waals surface area contributed by atoms with Crippen molar-refractivity contribution in [1.29, 1.82) is 0 Å². The van der Waals surface area contributed by atoms with Gasteiger partial charge in [-0.15, -0.1) is 5.10 Å². The Morgan fingerprint density at radius 1 is 1.35 bits per heavy atom. The quantitative estimate of drug-likeness (QED) is 0.703. The van der Waals surface area contributed by atoms with Gasteiger partial charge in [-0.1, -0.05) is 30.3 Å². The normalized spacial score (nSPS) is 10.0. The van der Waals surface area contributed by atoms with E-state index in [2.05, 4.69) is 20.8 Å². The number of hydrogen-bond acceptors (Lipinski definition) is 4. The summed E-state index contributed by atoms with van der Waals surface area (Å²) in [6.07, 6.45) is 1.42. The van der Waals surface area contributed by atoms with Crippen LogP contribution >= 0.6 is 12.2 Å². The van der Waals surface area contributed by atoms with Gasteiger partial charge in [-0.2, -0.15) is 9.90 Å². The summed E-state index contributed by atoms with van der Waals surface area (Å²) in [5, 5.41) is 22.6. The molecule has 0 unspecified atom stereocenters. The minimum atomic E-state index is -1.00. The first kappa shape index (κ1) is 13.9. The molecule has 3 N–H and O–H groups in total. The van der Waals surface area contributed by atoms with Crippen LogP contribution < -0.4 is 10.6 Å². The number of nitrogens with one attached hydrogen (secondary N) is 2. The third-order valence-corrected chi connectivity index (χ3v) is 2.60. The summed E-state index contributed by atoms with van der Waals surface area (Å²) in [5.41, 5.74) is 1.10. The second-order valence-corrected chi connectivity index (χ2v) is 4.36. The molecule has 0 atom stereocenters. The van der Waals surface area contributed by atoms with Crippen molar-refractivity contribution < 1.29 is 9.90 Å². The highest BCUT2D eigenvalue weighted by Gasteiger charge is 2.05. The number of nitrogens with zero attached hydrogens (tertiary/aromatic N) is 3. The summed E-state index contributed by atoms with van der Waals surface area (Å²) < 4.78 is 0. The molecule has 2 rings (SSSR count). The van der Waals surface area contributed by atoms with Crippen LogP contribution in [0.3, 0.4) is 0 Å². The SMILES string of the molecule is O=C(O)Cn1ncc(NC(=S)NCc2ccccc2)n1. The summed E-state index contributed by atoms with van der Waals surface area (Å²) in [4.78, 5) is 11.6. The van der Waals surface area contributed by atoms with Crippen molar-refractivity contribution in [2.24, 2.45) is 0 Å². The highest BCUT2D eigenvalue weighted by molar-refractivity contribution is 7.80. The number of aromatic nitrogens is 3. The van der Waals surface area contributed by atoms with E-state index in [1.54, 1.807) is 0 Å². The molecule has 104 valence electrons. The minimum Gasteiger partial charge on any atom is -0.480 e. The molecule has 0 aliphatic heterocycles. The number of carboxylic acid groups (broad SMARTS) is 1. The highest BCUT2D eigenvalue weighted by Crippen LogP contribution is 2.00. The molecule has 20 heavy (non-hydrogen) atoms. The van der Waals surface area contributed by atoms with Crippen LogP contribution in [-0.4, -0.2) is 31.2 Å². The van der Waals surface area contributed by atoms with Gasteiger partial charge >= 0.3 is 5.97 Å². The largest absolute Gasteiger partial charge is 0.480 e. The first-order valence-electron chi connectivity index (χ1n) is 5.84. The second kappa shape index (κ2) is 6.62. The number of anilines is 1.